The highest BCUT2D eigenvalue weighted by molar-refractivity contribution is 7.98. The maximum absolute atomic E-state index is 11.8. The Bertz CT molecular complexity index is 614. The van der Waals surface area contributed by atoms with E-state index in [0.29, 0.717) is 29.2 Å². The van der Waals surface area contributed by atoms with E-state index in [1.807, 2.05) is 6.26 Å². The molecule has 2 N–H and O–H groups in total. The molecule has 6 nitrogen and oxygen atoms in total. The maximum atomic E-state index is 11.8. The topological polar surface area (TPSA) is 83.8 Å². The Kier molecular flexibility index (Phi) is 2.44. The standard InChI is InChI=1S/C10H12N4O2S/c1-17-9-11-4-7-8(13-9)14(10(16)12-7)5-2-6(15)3-5/h4-6,15H,2-3H2,1H3,(H,12,16)/t5-,6-. The van der Waals surface area contributed by atoms with Crippen LogP contribution in [-0.2, 0) is 0 Å². The SMILES string of the molecule is CSc1ncc2[nH]c(=O)n([C@H]3C[C@H](O)C3)c2n1. The van der Waals surface area contributed by atoms with E-state index in [2.05, 4.69) is 15.0 Å². The van der Waals surface area contributed by atoms with E-state index in [1.165, 1.54) is 11.8 Å². The number of thioether (sulfide) groups is 1. The monoisotopic (exact) mass is 252 g/mol. The van der Waals surface area contributed by atoms with Crippen LogP contribution >= 0.6 is 11.8 Å². The highest BCUT2D eigenvalue weighted by atomic mass is 32.2. The third-order valence-electron chi connectivity index (χ3n) is 3.07. The lowest BCUT2D eigenvalue weighted by Crippen LogP contribution is -2.35. The number of aromatic nitrogens is 4. The van der Waals surface area contributed by atoms with Gasteiger partial charge in [0.2, 0.25) is 0 Å². The lowest BCUT2D eigenvalue weighted by molar-refractivity contribution is 0.0487. The number of imidazole rings is 1. The molecule has 90 valence electrons. The molecule has 0 aliphatic heterocycles. The molecule has 2 aromatic rings. The zero-order valence-corrected chi connectivity index (χ0v) is 10.1. The molecule has 7 heteroatoms. The van der Waals surface area contributed by atoms with Crippen molar-refractivity contribution < 1.29 is 5.11 Å². The molecule has 0 aromatic carbocycles. The zero-order chi connectivity index (χ0) is 12.0. The summed E-state index contributed by atoms with van der Waals surface area (Å²) in [4.78, 5) is 23.0. The number of hydrogen-bond donors (Lipinski definition) is 2. The van der Waals surface area contributed by atoms with Crippen molar-refractivity contribution in [1.82, 2.24) is 19.5 Å². The Labute approximate surface area is 101 Å². The van der Waals surface area contributed by atoms with E-state index in [4.69, 9.17) is 0 Å². The number of aliphatic hydroxyl groups is 1. The minimum Gasteiger partial charge on any atom is -0.393 e. The molecule has 3 rings (SSSR count). The van der Waals surface area contributed by atoms with Crippen LogP contribution in [0.25, 0.3) is 11.2 Å². The summed E-state index contributed by atoms with van der Waals surface area (Å²) >= 11 is 1.44. The number of H-pyrrole nitrogens is 1. The largest absolute Gasteiger partial charge is 0.393 e. The van der Waals surface area contributed by atoms with E-state index in [9.17, 15) is 9.90 Å². The van der Waals surface area contributed by atoms with Crippen molar-refractivity contribution in [2.75, 3.05) is 6.26 Å². The van der Waals surface area contributed by atoms with Crippen LogP contribution in [0, 0.1) is 0 Å². The van der Waals surface area contributed by atoms with Crippen molar-refractivity contribution in [1.29, 1.82) is 0 Å². The summed E-state index contributed by atoms with van der Waals surface area (Å²) in [5, 5.41) is 9.96. The second-order valence-electron chi connectivity index (χ2n) is 4.17. The summed E-state index contributed by atoms with van der Waals surface area (Å²) in [6, 6.07) is 0.0517. The van der Waals surface area contributed by atoms with E-state index in [-0.39, 0.29) is 17.8 Å². The summed E-state index contributed by atoms with van der Waals surface area (Å²) in [6.45, 7) is 0. The van der Waals surface area contributed by atoms with Gasteiger partial charge in [0.25, 0.3) is 0 Å². The summed E-state index contributed by atoms with van der Waals surface area (Å²) in [7, 11) is 0. The van der Waals surface area contributed by atoms with Crippen LogP contribution in [0.4, 0.5) is 0 Å². The molecule has 0 amide bonds. The van der Waals surface area contributed by atoms with Crippen molar-refractivity contribution in [3.05, 3.63) is 16.7 Å². The molecule has 2 heterocycles. The minimum absolute atomic E-state index is 0.0517. The number of nitrogens with zero attached hydrogens (tertiary/aromatic N) is 3. The first-order chi connectivity index (χ1) is 8.19. The predicted molar refractivity (Wildman–Crippen MR) is 64.2 cm³/mol. The molecule has 0 saturated heterocycles. The van der Waals surface area contributed by atoms with Gasteiger partial charge in [0.15, 0.2) is 10.8 Å². The number of fused-ring (bicyclic) bond motifs is 1. The van der Waals surface area contributed by atoms with Crippen LogP contribution in [0.2, 0.25) is 0 Å². The predicted octanol–water partition coefficient (Wildman–Crippen LogP) is 0.537. The average Bonchev–Trinajstić information content (AvgIpc) is 2.60. The van der Waals surface area contributed by atoms with Crippen LogP contribution in [0.1, 0.15) is 18.9 Å². The van der Waals surface area contributed by atoms with Crippen molar-refractivity contribution in [2.24, 2.45) is 0 Å². The third-order valence-corrected chi connectivity index (χ3v) is 3.63. The summed E-state index contributed by atoms with van der Waals surface area (Å²) in [5.74, 6) is 0. The van der Waals surface area contributed by atoms with Crippen molar-refractivity contribution in [2.45, 2.75) is 30.1 Å². The molecule has 2 aromatic heterocycles. The second kappa shape index (κ2) is 3.85. The summed E-state index contributed by atoms with van der Waals surface area (Å²) in [6.07, 6.45) is 4.46. The number of rotatable bonds is 2. The van der Waals surface area contributed by atoms with Gasteiger partial charge in [-0.2, -0.15) is 0 Å². The van der Waals surface area contributed by atoms with Gasteiger partial charge in [0.1, 0.15) is 5.52 Å². The van der Waals surface area contributed by atoms with Crippen LogP contribution in [0.5, 0.6) is 0 Å². The van der Waals surface area contributed by atoms with Crippen LogP contribution in [0.15, 0.2) is 16.1 Å². The molecule has 0 radical (unpaired) electrons. The Hall–Kier alpha value is -1.34. The van der Waals surface area contributed by atoms with Crippen molar-refractivity contribution >= 4 is 22.9 Å². The first-order valence-corrected chi connectivity index (χ1v) is 6.61. The molecular formula is C10H12N4O2S. The fourth-order valence-corrected chi connectivity index (χ4v) is 2.44. The molecule has 1 aliphatic rings. The number of aliphatic hydroxyl groups excluding tert-OH is 1. The zero-order valence-electron chi connectivity index (χ0n) is 9.25. The van der Waals surface area contributed by atoms with Gasteiger partial charge in [0, 0.05) is 6.04 Å². The quantitative estimate of drug-likeness (QED) is 0.602. The Balaban J connectivity index is 2.15. The minimum atomic E-state index is -0.293. The fourth-order valence-electron chi connectivity index (χ4n) is 2.11. The first-order valence-electron chi connectivity index (χ1n) is 5.38. The Morgan fingerprint density at radius 3 is 3.00 bits per heavy atom. The van der Waals surface area contributed by atoms with Gasteiger partial charge in [-0.05, 0) is 19.1 Å². The smallest absolute Gasteiger partial charge is 0.327 e. The van der Waals surface area contributed by atoms with Gasteiger partial charge < -0.3 is 10.1 Å². The van der Waals surface area contributed by atoms with Crippen molar-refractivity contribution in [3.63, 3.8) is 0 Å². The molecule has 0 spiro atoms. The Morgan fingerprint density at radius 2 is 2.35 bits per heavy atom. The molecule has 1 aliphatic carbocycles. The normalized spacial score (nSPS) is 23.9. The molecule has 0 atom stereocenters. The van der Waals surface area contributed by atoms with Gasteiger partial charge >= 0.3 is 5.69 Å². The first kappa shape index (κ1) is 10.8. The fraction of sp³-hybridized carbons (Fsp3) is 0.500. The lowest BCUT2D eigenvalue weighted by atomic mass is 9.89. The van der Waals surface area contributed by atoms with Gasteiger partial charge in [-0.1, -0.05) is 11.8 Å². The molecular weight excluding hydrogens is 240 g/mol. The average molecular weight is 252 g/mol. The van der Waals surface area contributed by atoms with Crippen LogP contribution in [0.3, 0.4) is 0 Å². The number of hydrogen-bond acceptors (Lipinski definition) is 5. The summed E-state index contributed by atoms with van der Waals surface area (Å²) < 4.78 is 1.63. The molecule has 0 bridgehead atoms. The molecule has 0 unspecified atom stereocenters. The Morgan fingerprint density at radius 1 is 1.59 bits per heavy atom. The van der Waals surface area contributed by atoms with E-state index < -0.39 is 0 Å². The van der Waals surface area contributed by atoms with E-state index in [1.54, 1.807) is 10.8 Å². The highest BCUT2D eigenvalue weighted by Gasteiger charge is 2.31. The maximum Gasteiger partial charge on any atom is 0.327 e. The van der Waals surface area contributed by atoms with Crippen LogP contribution < -0.4 is 5.69 Å². The van der Waals surface area contributed by atoms with Gasteiger partial charge in [-0.15, -0.1) is 0 Å². The molecule has 1 saturated carbocycles. The highest BCUT2D eigenvalue weighted by Crippen LogP contribution is 2.32. The van der Waals surface area contributed by atoms with Gasteiger partial charge in [0.05, 0.1) is 12.3 Å². The number of aromatic amines is 1. The van der Waals surface area contributed by atoms with Gasteiger partial charge in [-0.25, -0.2) is 14.8 Å². The van der Waals surface area contributed by atoms with Gasteiger partial charge in [-0.3, -0.25) is 4.57 Å². The molecule has 17 heavy (non-hydrogen) atoms. The lowest BCUT2D eigenvalue weighted by Gasteiger charge is -2.31. The van der Waals surface area contributed by atoms with E-state index in [0.717, 1.165) is 0 Å². The van der Waals surface area contributed by atoms with Crippen molar-refractivity contribution in [3.8, 4) is 0 Å². The second-order valence-corrected chi connectivity index (χ2v) is 4.95. The molecule has 1 fully saturated rings. The van der Waals surface area contributed by atoms with Crippen LogP contribution in [-0.4, -0.2) is 37.0 Å². The number of nitrogens with one attached hydrogen (secondary N) is 1. The van der Waals surface area contributed by atoms with E-state index >= 15 is 0 Å². The third kappa shape index (κ3) is 1.66. The summed E-state index contributed by atoms with van der Waals surface area (Å²) in [5.41, 5.74) is 1.10.